The molecule has 0 aliphatic heterocycles. The highest BCUT2D eigenvalue weighted by atomic mass is 16.3. The molecule has 3 rings (SSSR count). The second-order valence-corrected chi connectivity index (χ2v) is 5.27. The smallest absolute Gasteiger partial charge is 0.293 e. The number of amides is 1. The Morgan fingerprint density at radius 1 is 1.38 bits per heavy atom. The molecule has 0 unspecified atom stereocenters. The molecule has 1 amide bonds. The standard InChI is InChI=1S/C15H18N4O2/c1-18(9-10-20)15(21)13-16-14(11-7-8-11)19(17-13)12-5-3-2-4-6-12/h2-6,11,20H,7-10H2,1H3. The van der Waals surface area contributed by atoms with Crippen molar-refractivity contribution in [3.05, 3.63) is 42.0 Å². The molecule has 1 N–H and O–H groups in total. The minimum absolute atomic E-state index is 0.0723. The molecule has 0 radical (unpaired) electrons. The number of hydrogen-bond donors (Lipinski definition) is 1. The number of aliphatic hydroxyl groups is 1. The minimum Gasteiger partial charge on any atom is -0.395 e. The number of likely N-dealkylation sites (N-methyl/N-ethyl adjacent to an activating group) is 1. The van der Waals surface area contributed by atoms with Crippen LogP contribution < -0.4 is 0 Å². The summed E-state index contributed by atoms with van der Waals surface area (Å²) in [6.07, 6.45) is 2.18. The molecule has 1 aromatic carbocycles. The summed E-state index contributed by atoms with van der Waals surface area (Å²) in [7, 11) is 1.64. The summed E-state index contributed by atoms with van der Waals surface area (Å²) < 4.78 is 1.76. The molecule has 6 heteroatoms. The fraction of sp³-hybridized carbons (Fsp3) is 0.400. The van der Waals surface area contributed by atoms with Gasteiger partial charge in [-0.2, -0.15) is 0 Å². The van der Waals surface area contributed by atoms with Crippen molar-refractivity contribution in [2.45, 2.75) is 18.8 Å². The first kappa shape index (κ1) is 13.8. The number of benzene rings is 1. The van der Waals surface area contributed by atoms with Gasteiger partial charge in [0.05, 0.1) is 12.3 Å². The zero-order valence-electron chi connectivity index (χ0n) is 11.9. The number of para-hydroxylation sites is 1. The summed E-state index contributed by atoms with van der Waals surface area (Å²) in [5.74, 6) is 1.17. The quantitative estimate of drug-likeness (QED) is 0.897. The Balaban J connectivity index is 1.95. The van der Waals surface area contributed by atoms with Crippen molar-refractivity contribution in [1.29, 1.82) is 0 Å². The Morgan fingerprint density at radius 3 is 2.71 bits per heavy atom. The maximum atomic E-state index is 12.3. The molecule has 1 heterocycles. The lowest BCUT2D eigenvalue weighted by atomic mass is 10.3. The number of hydrogen-bond acceptors (Lipinski definition) is 4. The number of rotatable bonds is 5. The number of nitrogens with zero attached hydrogens (tertiary/aromatic N) is 4. The van der Waals surface area contributed by atoms with Gasteiger partial charge in [0.25, 0.3) is 5.91 Å². The fourth-order valence-corrected chi connectivity index (χ4v) is 2.20. The Bertz CT molecular complexity index is 634. The van der Waals surface area contributed by atoms with Crippen LogP contribution in [0.5, 0.6) is 0 Å². The summed E-state index contributed by atoms with van der Waals surface area (Å²) in [5.41, 5.74) is 0.913. The molecular formula is C15H18N4O2. The first-order valence-corrected chi connectivity index (χ1v) is 7.09. The molecule has 21 heavy (non-hydrogen) atoms. The lowest BCUT2D eigenvalue weighted by Crippen LogP contribution is -2.30. The summed E-state index contributed by atoms with van der Waals surface area (Å²) in [4.78, 5) is 18.1. The van der Waals surface area contributed by atoms with Gasteiger partial charge in [-0.25, -0.2) is 9.67 Å². The summed E-state index contributed by atoms with van der Waals surface area (Å²) in [6, 6.07) is 9.72. The molecule has 1 saturated carbocycles. The van der Waals surface area contributed by atoms with E-state index in [-0.39, 0.29) is 24.9 Å². The van der Waals surface area contributed by atoms with Crippen molar-refractivity contribution < 1.29 is 9.90 Å². The third-order valence-electron chi connectivity index (χ3n) is 3.55. The van der Waals surface area contributed by atoms with Gasteiger partial charge in [-0.05, 0) is 25.0 Å². The summed E-state index contributed by atoms with van der Waals surface area (Å²) >= 11 is 0. The van der Waals surface area contributed by atoms with Crippen molar-refractivity contribution in [1.82, 2.24) is 19.7 Å². The first-order valence-electron chi connectivity index (χ1n) is 7.09. The van der Waals surface area contributed by atoms with Crippen LogP contribution >= 0.6 is 0 Å². The van der Waals surface area contributed by atoms with Crippen LogP contribution in [-0.2, 0) is 0 Å². The van der Waals surface area contributed by atoms with Gasteiger partial charge in [-0.15, -0.1) is 5.10 Å². The van der Waals surface area contributed by atoms with E-state index in [1.165, 1.54) is 4.90 Å². The Kier molecular flexibility index (Phi) is 3.70. The number of aliphatic hydroxyl groups excluding tert-OH is 1. The van der Waals surface area contributed by atoms with Gasteiger partial charge >= 0.3 is 0 Å². The van der Waals surface area contributed by atoms with E-state index in [1.54, 1.807) is 11.7 Å². The molecule has 0 saturated heterocycles. The molecular weight excluding hydrogens is 268 g/mol. The maximum absolute atomic E-state index is 12.3. The van der Waals surface area contributed by atoms with Crippen LogP contribution in [0.25, 0.3) is 5.69 Å². The van der Waals surface area contributed by atoms with E-state index in [1.807, 2.05) is 30.3 Å². The van der Waals surface area contributed by atoms with Gasteiger partial charge in [-0.3, -0.25) is 4.79 Å². The highest BCUT2D eigenvalue weighted by molar-refractivity contribution is 5.90. The Morgan fingerprint density at radius 2 is 2.10 bits per heavy atom. The zero-order chi connectivity index (χ0) is 14.8. The predicted molar refractivity (Wildman–Crippen MR) is 77.4 cm³/mol. The average Bonchev–Trinajstić information content (AvgIpc) is 3.26. The topological polar surface area (TPSA) is 71.2 Å². The Labute approximate surface area is 123 Å². The molecule has 0 spiro atoms. The zero-order valence-corrected chi connectivity index (χ0v) is 11.9. The van der Waals surface area contributed by atoms with Gasteiger partial charge in [0.2, 0.25) is 5.82 Å². The molecule has 1 aliphatic carbocycles. The van der Waals surface area contributed by atoms with Gasteiger partial charge in [0.15, 0.2) is 0 Å². The summed E-state index contributed by atoms with van der Waals surface area (Å²) in [5, 5.41) is 13.3. The van der Waals surface area contributed by atoms with E-state index >= 15 is 0 Å². The lowest BCUT2D eigenvalue weighted by Gasteiger charge is -2.12. The number of carbonyl (C=O) groups is 1. The van der Waals surface area contributed by atoms with Crippen LogP contribution in [0.2, 0.25) is 0 Å². The van der Waals surface area contributed by atoms with Crippen LogP contribution in [0, 0.1) is 0 Å². The van der Waals surface area contributed by atoms with Crippen molar-refractivity contribution in [3.8, 4) is 5.69 Å². The van der Waals surface area contributed by atoms with Crippen LogP contribution in [0.3, 0.4) is 0 Å². The van der Waals surface area contributed by atoms with E-state index in [9.17, 15) is 4.79 Å². The monoisotopic (exact) mass is 286 g/mol. The van der Waals surface area contributed by atoms with Crippen LogP contribution in [0.4, 0.5) is 0 Å². The second-order valence-electron chi connectivity index (χ2n) is 5.27. The second kappa shape index (κ2) is 5.65. The third kappa shape index (κ3) is 2.80. The highest BCUT2D eigenvalue weighted by Crippen LogP contribution is 2.39. The van der Waals surface area contributed by atoms with E-state index in [0.29, 0.717) is 5.92 Å². The predicted octanol–water partition coefficient (Wildman–Crippen LogP) is 1.21. The fourth-order valence-electron chi connectivity index (χ4n) is 2.20. The van der Waals surface area contributed by atoms with Crippen LogP contribution in [-0.4, -0.2) is 50.9 Å². The van der Waals surface area contributed by atoms with Crippen molar-refractivity contribution >= 4 is 5.91 Å². The molecule has 0 bridgehead atoms. The van der Waals surface area contributed by atoms with Crippen LogP contribution in [0.15, 0.2) is 30.3 Å². The van der Waals surface area contributed by atoms with Crippen molar-refractivity contribution in [2.24, 2.45) is 0 Å². The molecule has 0 atom stereocenters. The Hall–Kier alpha value is -2.21. The molecule has 1 aromatic heterocycles. The highest BCUT2D eigenvalue weighted by Gasteiger charge is 2.32. The van der Waals surface area contributed by atoms with Gasteiger partial charge < -0.3 is 10.0 Å². The third-order valence-corrected chi connectivity index (χ3v) is 3.55. The van der Waals surface area contributed by atoms with Gasteiger partial charge in [0, 0.05) is 19.5 Å². The van der Waals surface area contributed by atoms with Crippen molar-refractivity contribution in [2.75, 3.05) is 20.2 Å². The van der Waals surface area contributed by atoms with E-state index in [0.717, 1.165) is 24.4 Å². The SMILES string of the molecule is CN(CCO)C(=O)c1nc(C2CC2)n(-c2ccccc2)n1. The molecule has 2 aromatic rings. The van der Waals surface area contributed by atoms with Crippen molar-refractivity contribution in [3.63, 3.8) is 0 Å². The number of aromatic nitrogens is 3. The van der Waals surface area contributed by atoms with Gasteiger partial charge in [0.1, 0.15) is 5.82 Å². The normalized spacial score (nSPS) is 14.2. The molecule has 110 valence electrons. The van der Waals surface area contributed by atoms with E-state index < -0.39 is 0 Å². The number of carbonyl (C=O) groups excluding carboxylic acids is 1. The molecule has 6 nitrogen and oxygen atoms in total. The summed E-state index contributed by atoms with van der Waals surface area (Å²) in [6.45, 7) is 0.203. The molecule has 1 fully saturated rings. The maximum Gasteiger partial charge on any atom is 0.293 e. The van der Waals surface area contributed by atoms with E-state index in [4.69, 9.17) is 5.11 Å². The minimum atomic E-state index is -0.263. The first-order chi connectivity index (χ1) is 10.2. The lowest BCUT2D eigenvalue weighted by molar-refractivity contribution is 0.0755. The van der Waals surface area contributed by atoms with Gasteiger partial charge in [-0.1, -0.05) is 18.2 Å². The molecule has 1 aliphatic rings. The van der Waals surface area contributed by atoms with Crippen LogP contribution in [0.1, 0.15) is 35.2 Å². The largest absolute Gasteiger partial charge is 0.395 e. The average molecular weight is 286 g/mol. The van der Waals surface area contributed by atoms with E-state index in [2.05, 4.69) is 10.1 Å².